The lowest BCUT2D eigenvalue weighted by Gasteiger charge is -2.08. The first kappa shape index (κ1) is 14.4. The van der Waals surface area contributed by atoms with E-state index in [4.69, 9.17) is 0 Å². The number of halogens is 2. The number of benzene rings is 1. The van der Waals surface area contributed by atoms with Crippen molar-refractivity contribution in [2.45, 2.75) is 13.3 Å². The molecule has 0 atom stereocenters. The molecular weight excluding hydrogens is 268 g/mol. The van der Waals surface area contributed by atoms with E-state index in [1.54, 1.807) is 5.32 Å². The monoisotopic (exact) mass is 275 g/mol. The molecule has 0 aliphatic rings. The van der Waals surface area contributed by atoms with Crippen molar-refractivity contribution >= 4 is 23.0 Å². The maximum Gasteiger partial charge on any atom is 0.315 e. The lowest BCUT2D eigenvalue weighted by molar-refractivity contribution is -0.394. The summed E-state index contributed by atoms with van der Waals surface area (Å²) < 4.78 is 24.2. The van der Waals surface area contributed by atoms with Gasteiger partial charge in [-0.05, 0) is 6.92 Å². The molecule has 0 aliphatic carbocycles. The Balaban J connectivity index is 3.33. The smallest absolute Gasteiger partial charge is 0.315 e. The number of non-ortho nitro benzene ring substituents is 1. The quantitative estimate of drug-likeness (QED) is 0.666. The van der Waals surface area contributed by atoms with Gasteiger partial charge in [0.05, 0.1) is 27.2 Å². The van der Waals surface area contributed by atoms with E-state index in [9.17, 15) is 33.8 Å². The van der Waals surface area contributed by atoms with Crippen molar-refractivity contribution in [1.29, 1.82) is 0 Å². The van der Waals surface area contributed by atoms with Crippen LogP contribution in [-0.4, -0.2) is 22.2 Å². The van der Waals surface area contributed by atoms with E-state index in [0.717, 1.165) is 6.07 Å². The largest absolute Gasteiger partial charge is 0.320 e. The minimum absolute atomic E-state index is 0.149. The van der Waals surface area contributed by atoms with Crippen molar-refractivity contribution in [2.75, 3.05) is 5.32 Å². The number of carbonyl (C=O) groups is 1. The van der Waals surface area contributed by atoms with Crippen molar-refractivity contribution < 1.29 is 23.4 Å². The van der Waals surface area contributed by atoms with Crippen molar-refractivity contribution in [2.24, 2.45) is 0 Å². The second-order valence-corrected chi connectivity index (χ2v) is 3.44. The summed E-state index contributed by atoms with van der Waals surface area (Å²) in [4.78, 5) is 30.3. The van der Waals surface area contributed by atoms with Crippen LogP contribution in [0.1, 0.15) is 5.56 Å². The van der Waals surface area contributed by atoms with Crippen LogP contribution in [0.15, 0.2) is 12.1 Å². The molecule has 0 aliphatic heterocycles. The predicted molar refractivity (Wildman–Crippen MR) is 59.1 cm³/mol. The summed E-state index contributed by atoms with van der Waals surface area (Å²) in [7, 11) is 0. The van der Waals surface area contributed by atoms with Gasteiger partial charge in [-0.25, -0.2) is 0 Å². The second-order valence-electron chi connectivity index (χ2n) is 3.44. The molecule has 0 spiro atoms. The Morgan fingerprint density at radius 3 is 2.26 bits per heavy atom. The van der Waals surface area contributed by atoms with Gasteiger partial charge in [0.1, 0.15) is 0 Å². The highest BCUT2D eigenvalue weighted by Crippen LogP contribution is 2.31. The number of hydrogen-bond donors (Lipinski definition) is 1. The fourth-order valence-electron chi connectivity index (χ4n) is 1.30. The molecule has 1 N–H and O–H groups in total. The predicted octanol–water partition coefficient (Wildman–Crippen LogP) is 2.02. The van der Waals surface area contributed by atoms with Crippen LogP contribution >= 0.6 is 0 Å². The molecule has 0 fully saturated rings. The molecule has 0 saturated heterocycles. The molecule has 19 heavy (non-hydrogen) atoms. The molecule has 0 aromatic heterocycles. The lowest BCUT2D eigenvalue weighted by Crippen LogP contribution is -2.21. The number of rotatable bonds is 4. The van der Waals surface area contributed by atoms with Gasteiger partial charge in [0.2, 0.25) is 0 Å². The van der Waals surface area contributed by atoms with Crippen molar-refractivity contribution in [1.82, 2.24) is 0 Å². The van der Waals surface area contributed by atoms with Gasteiger partial charge in [-0.2, -0.15) is 8.78 Å². The zero-order valence-electron chi connectivity index (χ0n) is 9.42. The number of nitrogens with one attached hydrogen (secondary N) is 1. The van der Waals surface area contributed by atoms with Crippen molar-refractivity contribution in [3.63, 3.8) is 0 Å². The third kappa shape index (κ3) is 3.18. The van der Waals surface area contributed by atoms with E-state index in [0.29, 0.717) is 6.07 Å². The average molecular weight is 275 g/mol. The number of nitrogens with zero attached hydrogens (tertiary/aromatic N) is 2. The molecule has 1 aromatic rings. The van der Waals surface area contributed by atoms with Gasteiger partial charge >= 0.3 is 6.43 Å². The summed E-state index contributed by atoms with van der Waals surface area (Å²) in [6.07, 6.45) is -3.34. The molecule has 0 bridgehead atoms. The Morgan fingerprint density at radius 2 is 1.84 bits per heavy atom. The fourth-order valence-corrected chi connectivity index (χ4v) is 1.30. The summed E-state index contributed by atoms with van der Waals surface area (Å²) in [5, 5.41) is 23.0. The Morgan fingerprint density at radius 1 is 1.26 bits per heavy atom. The van der Waals surface area contributed by atoms with Crippen LogP contribution in [-0.2, 0) is 4.79 Å². The molecule has 1 amide bonds. The number of anilines is 1. The highest BCUT2D eigenvalue weighted by atomic mass is 19.3. The summed E-state index contributed by atoms with van der Waals surface area (Å²) in [5.74, 6) is -1.70. The second kappa shape index (κ2) is 5.33. The Kier molecular flexibility index (Phi) is 4.04. The Bertz CT molecular complexity index is 561. The molecule has 0 heterocycles. The first-order chi connectivity index (χ1) is 8.73. The van der Waals surface area contributed by atoms with Gasteiger partial charge in [-0.1, -0.05) is 0 Å². The van der Waals surface area contributed by atoms with E-state index in [-0.39, 0.29) is 5.56 Å². The average Bonchev–Trinajstić information content (AvgIpc) is 2.30. The molecule has 1 rings (SSSR count). The standard InChI is InChI=1S/C9H7F2N3O5/c1-4-6(12-9(15)8(10)11)2-5(13(16)17)3-7(4)14(18)19/h2-3,8H,1H3,(H,12,15). The molecule has 10 heteroatoms. The van der Waals surface area contributed by atoms with Gasteiger partial charge in [-0.15, -0.1) is 0 Å². The lowest BCUT2D eigenvalue weighted by atomic mass is 10.1. The van der Waals surface area contributed by atoms with Crippen LogP contribution in [0.4, 0.5) is 25.8 Å². The zero-order valence-corrected chi connectivity index (χ0v) is 9.42. The number of carbonyl (C=O) groups excluding carboxylic acids is 1. The van der Waals surface area contributed by atoms with Gasteiger partial charge in [0, 0.05) is 6.07 Å². The molecular formula is C9H7F2N3O5. The van der Waals surface area contributed by atoms with Crippen LogP contribution in [0.5, 0.6) is 0 Å². The van der Waals surface area contributed by atoms with Gasteiger partial charge in [0.25, 0.3) is 17.3 Å². The number of nitro benzene ring substituents is 2. The maximum absolute atomic E-state index is 12.1. The molecule has 1 aromatic carbocycles. The Labute approximate surface area is 104 Å². The summed E-state index contributed by atoms with van der Waals surface area (Å²) >= 11 is 0. The van der Waals surface area contributed by atoms with E-state index < -0.39 is 39.2 Å². The topological polar surface area (TPSA) is 115 Å². The third-order valence-corrected chi connectivity index (χ3v) is 2.23. The summed E-state index contributed by atoms with van der Waals surface area (Å²) in [6.45, 7) is 1.18. The SMILES string of the molecule is Cc1c(NC(=O)C(F)F)cc([N+](=O)[O-])cc1[N+](=O)[O-]. The zero-order chi connectivity index (χ0) is 14.7. The van der Waals surface area contributed by atoms with Crippen LogP contribution in [0.25, 0.3) is 0 Å². The van der Waals surface area contributed by atoms with Crippen molar-refractivity contribution in [3.8, 4) is 0 Å². The number of alkyl halides is 2. The number of hydrogen-bond acceptors (Lipinski definition) is 5. The molecule has 102 valence electrons. The molecule has 0 radical (unpaired) electrons. The number of amides is 1. The molecule has 0 saturated carbocycles. The minimum atomic E-state index is -3.34. The first-order valence-corrected chi connectivity index (χ1v) is 4.76. The molecule has 8 nitrogen and oxygen atoms in total. The van der Waals surface area contributed by atoms with Crippen LogP contribution in [0, 0.1) is 27.2 Å². The first-order valence-electron chi connectivity index (χ1n) is 4.76. The van der Waals surface area contributed by atoms with E-state index in [1.165, 1.54) is 6.92 Å². The van der Waals surface area contributed by atoms with Crippen LogP contribution in [0.2, 0.25) is 0 Å². The van der Waals surface area contributed by atoms with Gasteiger partial charge in [0.15, 0.2) is 0 Å². The molecule has 0 unspecified atom stereocenters. The van der Waals surface area contributed by atoms with Gasteiger partial charge in [-0.3, -0.25) is 25.0 Å². The van der Waals surface area contributed by atoms with E-state index in [1.807, 2.05) is 0 Å². The Hall–Kier alpha value is -2.65. The maximum atomic E-state index is 12.1. The summed E-state index contributed by atoms with van der Waals surface area (Å²) in [5.41, 5.74) is -1.86. The van der Waals surface area contributed by atoms with Crippen molar-refractivity contribution in [3.05, 3.63) is 37.9 Å². The normalized spacial score (nSPS) is 10.3. The van der Waals surface area contributed by atoms with E-state index in [2.05, 4.69) is 0 Å². The third-order valence-electron chi connectivity index (χ3n) is 2.23. The van der Waals surface area contributed by atoms with Crippen LogP contribution < -0.4 is 5.32 Å². The van der Waals surface area contributed by atoms with Crippen LogP contribution in [0.3, 0.4) is 0 Å². The van der Waals surface area contributed by atoms with Gasteiger partial charge < -0.3 is 5.32 Å². The highest BCUT2D eigenvalue weighted by Gasteiger charge is 2.24. The highest BCUT2D eigenvalue weighted by molar-refractivity contribution is 5.94. The number of nitro groups is 2. The summed E-state index contributed by atoms with van der Waals surface area (Å²) in [6, 6.07) is 1.47. The van der Waals surface area contributed by atoms with E-state index >= 15 is 0 Å². The minimum Gasteiger partial charge on any atom is -0.320 e. The fraction of sp³-hybridized carbons (Fsp3) is 0.222.